The van der Waals surface area contributed by atoms with Crippen LogP contribution in [0, 0.1) is 5.82 Å². The first kappa shape index (κ1) is 33.2. The van der Waals surface area contributed by atoms with Crippen LogP contribution in [0.25, 0.3) is 0 Å². The molecule has 0 saturated carbocycles. The van der Waals surface area contributed by atoms with Crippen molar-refractivity contribution >= 4 is 47.4 Å². The van der Waals surface area contributed by atoms with Crippen LogP contribution in [0.5, 0.6) is 0 Å². The Kier molecular flexibility index (Phi) is 10.8. The van der Waals surface area contributed by atoms with Gasteiger partial charge in [-0.2, -0.15) is 0 Å². The molecule has 0 spiro atoms. The van der Waals surface area contributed by atoms with Crippen molar-refractivity contribution in [1.82, 2.24) is 15.1 Å². The molecule has 0 aromatic heterocycles. The zero-order valence-electron chi connectivity index (χ0n) is 24.3. The minimum absolute atomic E-state index is 0. The van der Waals surface area contributed by atoms with Gasteiger partial charge in [0.05, 0.1) is 23.0 Å². The zero-order valence-corrected chi connectivity index (χ0v) is 26.7. The molecule has 1 N–H and O–H groups in total. The third kappa shape index (κ3) is 6.71. The minimum atomic E-state index is -1.27. The molecule has 0 aliphatic carbocycles. The van der Waals surface area contributed by atoms with Crippen molar-refractivity contribution in [3.8, 4) is 0 Å². The summed E-state index contributed by atoms with van der Waals surface area (Å²) in [6.07, 6.45) is 2.54. The van der Waals surface area contributed by atoms with Gasteiger partial charge in [-0.05, 0) is 66.8 Å². The number of likely N-dealkylation sites (tertiary alicyclic amines) is 2. The van der Waals surface area contributed by atoms with Crippen LogP contribution < -0.4 is 5.32 Å². The predicted molar refractivity (Wildman–Crippen MR) is 170 cm³/mol. The average molecular weight is 649 g/mol. The number of carbonyl (C=O) groups is 2. The largest absolute Gasteiger partial charge is 0.347 e. The molecule has 2 heterocycles. The fourth-order valence-corrected chi connectivity index (χ4v) is 6.78. The normalized spacial score (nSPS) is 24.3. The van der Waals surface area contributed by atoms with E-state index in [1.54, 1.807) is 29.2 Å². The number of nitrogens with zero attached hydrogens (tertiary/aromatic N) is 2. The summed E-state index contributed by atoms with van der Waals surface area (Å²) < 4.78 is 21.1. The number of ether oxygens (including phenoxy) is 1. The highest BCUT2D eigenvalue weighted by molar-refractivity contribution is 6.42. The summed E-state index contributed by atoms with van der Waals surface area (Å²) in [6, 6.07) is 21.1. The second-order valence-corrected chi connectivity index (χ2v) is 12.0. The van der Waals surface area contributed by atoms with Gasteiger partial charge in [-0.1, -0.05) is 78.7 Å². The van der Waals surface area contributed by atoms with Gasteiger partial charge >= 0.3 is 0 Å². The number of nitrogens with one attached hydrogen (secondary N) is 1. The first-order valence-corrected chi connectivity index (χ1v) is 15.2. The summed E-state index contributed by atoms with van der Waals surface area (Å²) >= 11 is 13.0. The summed E-state index contributed by atoms with van der Waals surface area (Å²) in [5.74, 6) is -0.794. The summed E-state index contributed by atoms with van der Waals surface area (Å²) in [5.41, 5.74) is -0.303. The highest BCUT2D eigenvalue weighted by Gasteiger charge is 2.62. The third-order valence-corrected chi connectivity index (χ3v) is 9.24. The fourth-order valence-electron chi connectivity index (χ4n) is 6.48. The smallest absolute Gasteiger partial charge is 0.225 e. The van der Waals surface area contributed by atoms with Gasteiger partial charge in [0.2, 0.25) is 11.8 Å². The molecule has 43 heavy (non-hydrogen) atoms. The number of rotatable bonds is 8. The molecule has 5 rings (SSSR count). The topological polar surface area (TPSA) is 61.9 Å². The highest BCUT2D eigenvalue weighted by atomic mass is 35.5. The van der Waals surface area contributed by atoms with E-state index in [2.05, 4.69) is 17.1 Å². The third-order valence-electron chi connectivity index (χ3n) is 8.50. The quantitative estimate of drug-likeness (QED) is 0.284. The molecule has 3 atom stereocenters. The molecule has 2 saturated heterocycles. The van der Waals surface area contributed by atoms with Crippen molar-refractivity contribution in [2.75, 3.05) is 19.6 Å². The summed E-state index contributed by atoms with van der Waals surface area (Å²) in [5, 5.41) is 3.96. The van der Waals surface area contributed by atoms with E-state index < -0.39 is 11.1 Å². The van der Waals surface area contributed by atoms with Crippen molar-refractivity contribution in [3.63, 3.8) is 0 Å². The van der Waals surface area contributed by atoms with Crippen LogP contribution in [0.3, 0.4) is 0 Å². The molecule has 2 fully saturated rings. The maximum Gasteiger partial charge on any atom is 0.225 e. The van der Waals surface area contributed by atoms with Crippen molar-refractivity contribution in [2.45, 2.75) is 63.4 Å². The monoisotopic (exact) mass is 647 g/mol. The Morgan fingerprint density at radius 3 is 2.40 bits per heavy atom. The van der Waals surface area contributed by atoms with Crippen molar-refractivity contribution in [1.29, 1.82) is 0 Å². The number of hydrogen-bond acceptors (Lipinski definition) is 4. The Hall–Kier alpha value is -2.68. The predicted octanol–water partition coefficient (Wildman–Crippen LogP) is 7.06. The number of piperidine rings is 2. The molecular formula is C33H37Cl3FN3O3. The summed E-state index contributed by atoms with van der Waals surface area (Å²) in [7, 11) is 0. The lowest BCUT2D eigenvalue weighted by molar-refractivity contribution is -0.230. The van der Waals surface area contributed by atoms with Gasteiger partial charge in [0.25, 0.3) is 0 Å². The van der Waals surface area contributed by atoms with Crippen LogP contribution in [-0.2, 0) is 32.0 Å². The molecule has 2 aliphatic rings. The molecule has 2 aliphatic heterocycles. The molecule has 0 bridgehead atoms. The van der Waals surface area contributed by atoms with E-state index >= 15 is 0 Å². The van der Waals surface area contributed by atoms with E-state index in [4.69, 9.17) is 27.9 Å². The zero-order chi connectivity index (χ0) is 29.9. The van der Waals surface area contributed by atoms with Crippen molar-refractivity contribution < 1.29 is 18.7 Å². The molecule has 230 valence electrons. The fraction of sp³-hybridized carbons (Fsp3) is 0.394. The van der Waals surface area contributed by atoms with E-state index in [1.165, 1.54) is 19.1 Å². The number of halogens is 4. The highest BCUT2D eigenvalue weighted by Crippen LogP contribution is 2.52. The van der Waals surface area contributed by atoms with Gasteiger partial charge in [0.15, 0.2) is 0 Å². The lowest BCUT2D eigenvalue weighted by Gasteiger charge is -2.57. The van der Waals surface area contributed by atoms with E-state index in [1.807, 2.05) is 36.4 Å². The number of benzene rings is 3. The lowest BCUT2D eigenvalue weighted by Crippen LogP contribution is -2.71. The van der Waals surface area contributed by atoms with E-state index in [-0.39, 0.29) is 55.8 Å². The number of amides is 2. The van der Waals surface area contributed by atoms with E-state index in [0.717, 1.165) is 43.5 Å². The minimum Gasteiger partial charge on any atom is -0.347 e. The van der Waals surface area contributed by atoms with Gasteiger partial charge < -0.3 is 15.0 Å². The molecule has 0 radical (unpaired) electrons. The van der Waals surface area contributed by atoms with Crippen LogP contribution in [0.4, 0.5) is 4.39 Å². The maximum atomic E-state index is 14.1. The van der Waals surface area contributed by atoms with Gasteiger partial charge in [0, 0.05) is 20.0 Å². The SMILES string of the molecule is CCN1CCCCC1OC1(c2ccc(Cl)c(Cl)c2)CN(Cc2ccc(F)cc2)C(=O)CC1(NC(C)=O)c1ccccc1.Cl. The van der Waals surface area contributed by atoms with Gasteiger partial charge in [-0.15, -0.1) is 12.4 Å². The second-order valence-electron chi connectivity index (χ2n) is 11.2. The Balaban J connectivity index is 0.00000423. The summed E-state index contributed by atoms with van der Waals surface area (Å²) in [6.45, 7) is 5.60. The van der Waals surface area contributed by atoms with Crippen LogP contribution in [0.1, 0.15) is 56.2 Å². The number of carbonyl (C=O) groups excluding carboxylic acids is 2. The Labute approximate surface area is 268 Å². The van der Waals surface area contributed by atoms with Gasteiger partial charge in [0.1, 0.15) is 23.2 Å². The van der Waals surface area contributed by atoms with E-state index in [0.29, 0.717) is 15.6 Å². The second kappa shape index (κ2) is 14.0. The van der Waals surface area contributed by atoms with Crippen molar-refractivity contribution in [3.05, 3.63) is 105 Å². The molecule has 6 nitrogen and oxygen atoms in total. The Morgan fingerprint density at radius 1 is 1.02 bits per heavy atom. The van der Waals surface area contributed by atoms with E-state index in [9.17, 15) is 14.0 Å². The van der Waals surface area contributed by atoms with Crippen LogP contribution in [-0.4, -0.2) is 47.5 Å². The Bertz CT molecular complexity index is 1430. The van der Waals surface area contributed by atoms with Gasteiger partial charge in [-0.25, -0.2) is 4.39 Å². The maximum absolute atomic E-state index is 14.1. The molecule has 3 aromatic rings. The molecule has 2 amide bonds. The molecule has 3 unspecified atom stereocenters. The Morgan fingerprint density at radius 2 is 1.74 bits per heavy atom. The van der Waals surface area contributed by atoms with Crippen LogP contribution in [0.2, 0.25) is 10.0 Å². The standard InChI is InChI=1S/C33H36Cl2FN3O3.ClH/c1-3-38-18-8-7-11-31(38)42-33(26-14-17-28(34)29(35)19-26)22-39(21-24-12-15-27(36)16-13-24)30(41)20-32(33,37-23(2)40)25-9-5-4-6-10-25;/h4-6,9-10,12-17,19,31H,3,7-8,11,18,20-22H2,1-2H3,(H,37,40);1H. The number of hydrogen-bond donors (Lipinski definition) is 1. The first-order valence-electron chi connectivity index (χ1n) is 14.4. The first-order chi connectivity index (χ1) is 20.2. The summed E-state index contributed by atoms with van der Waals surface area (Å²) in [4.78, 5) is 31.2. The molecule has 10 heteroatoms. The van der Waals surface area contributed by atoms with Crippen LogP contribution in [0.15, 0.2) is 72.8 Å². The molecule has 3 aromatic carbocycles. The van der Waals surface area contributed by atoms with Crippen LogP contribution >= 0.6 is 35.6 Å². The van der Waals surface area contributed by atoms with Crippen molar-refractivity contribution in [2.24, 2.45) is 0 Å². The average Bonchev–Trinajstić information content (AvgIpc) is 2.98. The van der Waals surface area contributed by atoms with Gasteiger partial charge in [-0.3, -0.25) is 14.5 Å². The lowest BCUT2D eigenvalue weighted by atomic mass is 9.65. The molecular weight excluding hydrogens is 612 g/mol.